The maximum atomic E-state index is 6.31. The molecule has 1 aliphatic rings. The third kappa shape index (κ3) is 4.48. The second kappa shape index (κ2) is 8.64. The van der Waals surface area contributed by atoms with Crippen molar-refractivity contribution in [1.29, 1.82) is 0 Å². The van der Waals surface area contributed by atoms with Gasteiger partial charge in [0.25, 0.3) is 0 Å². The molecule has 0 amide bonds. The van der Waals surface area contributed by atoms with E-state index in [1.54, 1.807) is 6.07 Å². The van der Waals surface area contributed by atoms with Crippen LogP contribution in [0.1, 0.15) is 17.0 Å². The summed E-state index contributed by atoms with van der Waals surface area (Å²) in [6.45, 7) is 2.40. The molecule has 4 aromatic rings. The Balaban J connectivity index is 1.29. The van der Waals surface area contributed by atoms with E-state index in [1.165, 1.54) is 0 Å². The van der Waals surface area contributed by atoms with Gasteiger partial charge in [-0.3, -0.25) is 4.90 Å². The SMILES string of the molecule is Clc1ccc(-c2ncc3c(n2)CCN(Cc2ccc(-c4ccc(Cl)cc4Cl)o2)C3)cc1. The second-order valence-electron chi connectivity index (χ2n) is 7.52. The van der Waals surface area contributed by atoms with Crippen molar-refractivity contribution in [2.24, 2.45) is 0 Å². The van der Waals surface area contributed by atoms with E-state index in [0.717, 1.165) is 59.2 Å². The summed E-state index contributed by atoms with van der Waals surface area (Å²) in [7, 11) is 0. The number of nitrogens with zero attached hydrogens (tertiary/aromatic N) is 3. The summed E-state index contributed by atoms with van der Waals surface area (Å²) in [5, 5.41) is 1.89. The van der Waals surface area contributed by atoms with Gasteiger partial charge in [0.1, 0.15) is 11.5 Å². The first kappa shape index (κ1) is 20.5. The van der Waals surface area contributed by atoms with E-state index in [0.29, 0.717) is 21.6 Å². The molecule has 0 spiro atoms. The summed E-state index contributed by atoms with van der Waals surface area (Å²) in [5.74, 6) is 2.37. The molecule has 4 nitrogen and oxygen atoms in total. The van der Waals surface area contributed by atoms with Crippen LogP contribution in [0.15, 0.2) is 65.2 Å². The fraction of sp³-hybridized carbons (Fsp3) is 0.167. The normalized spacial score (nSPS) is 13.9. The van der Waals surface area contributed by atoms with E-state index < -0.39 is 0 Å². The van der Waals surface area contributed by atoms with Crippen LogP contribution in [0.3, 0.4) is 0 Å². The van der Waals surface area contributed by atoms with Gasteiger partial charge >= 0.3 is 0 Å². The monoisotopic (exact) mass is 469 g/mol. The predicted molar refractivity (Wildman–Crippen MR) is 124 cm³/mol. The molecule has 2 aromatic carbocycles. The van der Waals surface area contributed by atoms with Gasteiger partial charge in [0, 0.05) is 52.4 Å². The Kier molecular flexibility index (Phi) is 5.72. The smallest absolute Gasteiger partial charge is 0.159 e. The van der Waals surface area contributed by atoms with E-state index in [4.69, 9.17) is 44.2 Å². The van der Waals surface area contributed by atoms with Crippen molar-refractivity contribution in [1.82, 2.24) is 14.9 Å². The van der Waals surface area contributed by atoms with E-state index in [1.807, 2.05) is 54.7 Å². The molecular weight excluding hydrogens is 453 g/mol. The first-order valence-electron chi connectivity index (χ1n) is 9.92. The van der Waals surface area contributed by atoms with Crippen LogP contribution in [0.2, 0.25) is 15.1 Å². The number of aromatic nitrogens is 2. The third-order valence-electron chi connectivity index (χ3n) is 5.35. The van der Waals surface area contributed by atoms with Crippen molar-refractivity contribution in [3.8, 4) is 22.7 Å². The van der Waals surface area contributed by atoms with Gasteiger partial charge < -0.3 is 4.42 Å². The average molecular weight is 471 g/mol. The summed E-state index contributed by atoms with van der Waals surface area (Å²) < 4.78 is 6.06. The van der Waals surface area contributed by atoms with Gasteiger partial charge in [-0.2, -0.15) is 0 Å². The molecule has 0 aliphatic carbocycles. The van der Waals surface area contributed by atoms with Crippen LogP contribution in [-0.4, -0.2) is 21.4 Å². The fourth-order valence-corrected chi connectivity index (χ4v) is 4.39. The van der Waals surface area contributed by atoms with Crippen LogP contribution in [0.5, 0.6) is 0 Å². The first-order valence-corrected chi connectivity index (χ1v) is 11.1. The largest absolute Gasteiger partial charge is 0.460 e. The average Bonchev–Trinajstić information content (AvgIpc) is 3.22. The summed E-state index contributed by atoms with van der Waals surface area (Å²) in [6, 6.07) is 17.0. The van der Waals surface area contributed by atoms with Crippen LogP contribution in [0.4, 0.5) is 0 Å². The minimum atomic E-state index is 0.578. The molecule has 7 heteroatoms. The van der Waals surface area contributed by atoms with Gasteiger partial charge in [0.15, 0.2) is 5.82 Å². The van der Waals surface area contributed by atoms with Crippen LogP contribution in [0.25, 0.3) is 22.7 Å². The third-order valence-corrected chi connectivity index (χ3v) is 6.15. The van der Waals surface area contributed by atoms with E-state index >= 15 is 0 Å². The molecule has 0 saturated heterocycles. The summed E-state index contributed by atoms with van der Waals surface area (Å²) in [6.07, 6.45) is 2.80. The van der Waals surface area contributed by atoms with Crippen LogP contribution in [0, 0.1) is 0 Å². The molecule has 2 aromatic heterocycles. The molecule has 5 rings (SSSR count). The zero-order valence-electron chi connectivity index (χ0n) is 16.5. The molecule has 0 fully saturated rings. The molecule has 1 aliphatic heterocycles. The van der Waals surface area contributed by atoms with Crippen LogP contribution < -0.4 is 0 Å². The quantitative estimate of drug-likeness (QED) is 0.324. The minimum Gasteiger partial charge on any atom is -0.460 e. The highest BCUT2D eigenvalue weighted by atomic mass is 35.5. The summed E-state index contributed by atoms with van der Waals surface area (Å²) in [4.78, 5) is 11.7. The van der Waals surface area contributed by atoms with Gasteiger partial charge in [-0.05, 0) is 54.6 Å². The van der Waals surface area contributed by atoms with E-state index in [9.17, 15) is 0 Å². The Bertz CT molecular complexity index is 1240. The molecule has 0 unspecified atom stereocenters. The molecular formula is C24H18Cl3N3O. The van der Waals surface area contributed by atoms with Gasteiger partial charge in [0.2, 0.25) is 0 Å². The lowest BCUT2D eigenvalue weighted by Gasteiger charge is -2.27. The topological polar surface area (TPSA) is 42.2 Å². The van der Waals surface area contributed by atoms with Crippen molar-refractivity contribution >= 4 is 34.8 Å². The Labute approximate surface area is 195 Å². The molecule has 0 saturated carbocycles. The van der Waals surface area contributed by atoms with Gasteiger partial charge in [0.05, 0.1) is 17.3 Å². The molecule has 0 N–H and O–H groups in total. The van der Waals surface area contributed by atoms with Crippen LogP contribution in [-0.2, 0) is 19.5 Å². The van der Waals surface area contributed by atoms with Gasteiger partial charge in [-0.25, -0.2) is 9.97 Å². The highest BCUT2D eigenvalue weighted by molar-refractivity contribution is 6.36. The van der Waals surface area contributed by atoms with Crippen molar-refractivity contribution in [3.63, 3.8) is 0 Å². The fourth-order valence-electron chi connectivity index (χ4n) is 3.76. The lowest BCUT2D eigenvalue weighted by Crippen LogP contribution is -2.30. The highest BCUT2D eigenvalue weighted by Crippen LogP contribution is 2.32. The number of hydrogen-bond donors (Lipinski definition) is 0. The van der Waals surface area contributed by atoms with Crippen LogP contribution >= 0.6 is 34.8 Å². The van der Waals surface area contributed by atoms with E-state index in [2.05, 4.69) is 9.88 Å². The number of hydrogen-bond acceptors (Lipinski definition) is 4. The number of rotatable bonds is 4. The minimum absolute atomic E-state index is 0.578. The lowest BCUT2D eigenvalue weighted by molar-refractivity contribution is 0.224. The zero-order valence-corrected chi connectivity index (χ0v) is 18.8. The molecule has 0 radical (unpaired) electrons. The number of furan rings is 1. The Morgan fingerprint density at radius 1 is 0.935 bits per heavy atom. The Morgan fingerprint density at radius 2 is 1.74 bits per heavy atom. The second-order valence-corrected chi connectivity index (χ2v) is 8.80. The zero-order chi connectivity index (χ0) is 21.4. The Hall–Kier alpha value is -2.37. The molecule has 31 heavy (non-hydrogen) atoms. The van der Waals surface area contributed by atoms with E-state index in [-0.39, 0.29) is 0 Å². The van der Waals surface area contributed by atoms with Crippen molar-refractivity contribution in [2.45, 2.75) is 19.5 Å². The lowest BCUT2D eigenvalue weighted by atomic mass is 10.1. The summed E-state index contributed by atoms with van der Waals surface area (Å²) >= 11 is 18.3. The summed E-state index contributed by atoms with van der Waals surface area (Å²) in [5.41, 5.74) is 4.06. The predicted octanol–water partition coefficient (Wildman–Crippen LogP) is 6.92. The first-order chi connectivity index (χ1) is 15.0. The molecule has 156 valence electrons. The number of benzene rings is 2. The standard InChI is InChI=1S/C24H18Cl3N3O/c25-17-3-1-15(2-4-17)24-28-12-16-13-30(10-9-22(16)29-24)14-19-6-8-23(31-19)20-7-5-18(26)11-21(20)27/h1-8,11-12H,9-10,13-14H2. The molecule has 0 bridgehead atoms. The number of halogens is 3. The molecule has 3 heterocycles. The van der Waals surface area contributed by atoms with Crippen molar-refractivity contribution in [3.05, 3.63) is 92.9 Å². The van der Waals surface area contributed by atoms with Crippen molar-refractivity contribution in [2.75, 3.05) is 6.54 Å². The number of fused-ring (bicyclic) bond motifs is 1. The highest BCUT2D eigenvalue weighted by Gasteiger charge is 2.20. The maximum Gasteiger partial charge on any atom is 0.159 e. The van der Waals surface area contributed by atoms with Crippen molar-refractivity contribution < 1.29 is 4.42 Å². The van der Waals surface area contributed by atoms with Gasteiger partial charge in [-0.1, -0.05) is 34.8 Å². The maximum absolute atomic E-state index is 6.31. The van der Waals surface area contributed by atoms with Gasteiger partial charge in [-0.15, -0.1) is 0 Å². The Morgan fingerprint density at radius 3 is 2.55 bits per heavy atom. The molecule has 0 atom stereocenters.